The molecular formula is C36H40N10O6S. The molecule has 16 nitrogen and oxygen atoms in total. The molecule has 2 aromatic carbocycles. The summed E-state index contributed by atoms with van der Waals surface area (Å²) in [6, 6.07) is 11.7. The van der Waals surface area contributed by atoms with Gasteiger partial charge in [-0.25, -0.2) is 19.6 Å². The number of likely N-dealkylation sites (tertiary alicyclic amines) is 2. The van der Waals surface area contributed by atoms with Gasteiger partial charge < -0.3 is 39.9 Å². The Balaban J connectivity index is 1.07. The molecule has 17 heteroatoms. The van der Waals surface area contributed by atoms with Gasteiger partial charge in [-0.15, -0.1) is 0 Å². The van der Waals surface area contributed by atoms with Gasteiger partial charge in [-0.3, -0.25) is 9.59 Å². The van der Waals surface area contributed by atoms with E-state index in [-0.39, 0.29) is 49.1 Å². The van der Waals surface area contributed by atoms with Crippen LogP contribution in [0.2, 0.25) is 0 Å². The van der Waals surface area contributed by atoms with E-state index in [0.29, 0.717) is 11.6 Å². The largest absolute Gasteiger partial charge is 0.453 e. The van der Waals surface area contributed by atoms with Gasteiger partial charge in [-0.1, -0.05) is 30.3 Å². The van der Waals surface area contributed by atoms with Crippen LogP contribution >= 0.6 is 11.7 Å². The number of alkyl carbamates (subject to hydrolysis) is 2. The highest BCUT2D eigenvalue weighted by Gasteiger charge is 2.38. The molecule has 276 valence electrons. The van der Waals surface area contributed by atoms with Crippen LogP contribution in [0.5, 0.6) is 0 Å². The van der Waals surface area contributed by atoms with Crippen molar-refractivity contribution in [3.63, 3.8) is 0 Å². The fourth-order valence-corrected chi connectivity index (χ4v) is 7.98. The van der Waals surface area contributed by atoms with Crippen LogP contribution in [0.25, 0.3) is 44.7 Å². The molecule has 2 aliphatic heterocycles. The first-order valence-electron chi connectivity index (χ1n) is 17.4. The highest BCUT2D eigenvalue weighted by molar-refractivity contribution is 7.00. The molecule has 2 unspecified atom stereocenters. The van der Waals surface area contributed by atoms with E-state index in [1.807, 2.05) is 50.2 Å². The lowest BCUT2D eigenvalue weighted by Crippen LogP contribution is -2.43. The third-order valence-corrected chi connectivity index (χ3v) is 10.6. The Morgan fingerprint density at radius 2 is 1.17 bits per heavy atom. The van der Waals surface area contributed by atoms with Gasteiger partial charge >= 0.3 is 12.2 Å². The number of nitrogens with zero attached hydrogens (tertiary/aromatic N) is 6. The maximum Gasteiger partial charge on any atom is 0.407 e. The summed E-state index contributed by atoms with van der Waals surface area (Å²) >= 11 is 1.14. The number of rotatable bonds is 9. The number of ether oxygens (including phenoxy) is 2. The third kappa shape index (κ3) is 7.03. The molecule has 53 heavy (non-hydrogen) atoms. The zero-order chi connectivity index (χ0) is 37.2. The number of amides is 4. The molecule has 2 aliphatic rings. The minimum atomic E-state index is -0.653. The maximum absolute atomic E-state index is 13.1. The van der Waals surface area contributed by atoms with Crippen LogP contribution < -0.4 is 10.6 Å². The van der Waals surface area contributed by atoms with Crippen molar-refractivity contribution in [3.05, 3.63) is 60.4 Å². The van der Waals surface area contributed by atoms with Crippen molar-refractivity contribution in [1.82, 2.24) is 49.1 Å². The number of hydrogen-bond acceptors (Lipinski definition) is 11. The van der Waals surface area contributed by atoms with Gasteiger partial charge in [0, 0.05) is 23.2 Å². The van der Waals surface area contributed by atoms with E-state index >= 15 is 0 Å². The molecule has 7 rings (SSSR count). The van der Waals surface area contributed by atoms with Gasteiger partial charge in [0.1, 0.15) is 35.8 Å². The van der Waals surface area contributed by atoms with Crippen molar-refractivity contribution < 1.29 is 28.7 Å². The van der Waals surface area contributed by atoms with Gasteiger partial charge in [0.2, 0.25) is 11.8 Å². The van der Waals surface area contributed by atoms with E-state index in [0.717, 1.165) is 82.1 Å². The van der Waals surface area contributed by atoms with E-state index in [9.17, 15) is 19.2 Å². The number of aromatic amines is 2. The van der Waals surface area contributed by atoms with Crippen molar-refractivity contribution in [2.24, 2.45) is 0 Å². The first kappa shape index (κ1) is 35.6. The average Bonchev–Trinajstić information content (AvgIpc) is 4.02. The molecule has 0 radical (unpaired) electrons. The Hall–Kier alpha value is -5.84. The van der Waals surface area contributed by atoms with E-state index in [4.69, 9.17) is 0 Å². The highest BCUT2D eigenvalue weighted by atomic mass is 32.1. The molecule has 2 fully saturated rings. The number of methoxy groups -OCH3 is 2. The van der Waals surface area contributed by atoms with Gasteiger partial charge in [0.25, 0.3) is 0 Å². The molecule has 4 amide bonds. The Kier molecular flexibility index (Phi) is 10.1. The van der Waals surface area contributed by atoms with Crippen LogP contribution in [0, 0.1) is 0 Å². The van der Waals surface area contributed by atoms with Gasteiger partial charge in [0.15, 0.2) is 0 Å². The zero-order valence-electron chi connectivity index (χ0n) is 29.7. The van der Waals surface area contributed by atoms with Crippen LogP contribution in [0.4, 0.5) is 9.59 Å². The SMILES string of the molecule is COC(=O)NCC(=O)N1C(C)CC[C@H]1c1ncc(-c2ccc(-c3ccc(-c4cnc([C@@H]5CCC(C)N5C(=O)CNC(=O)OC)[nH]4)c4nsnc34)cc2)[nH]1. The number of hydrogen-bond donors (Lipinski definition) is 4. The minimum absolute atomic E-state index is 0.00348. The quantitative estimate of drug-likeness (QED) is 0.160. The second-order valence-electron chi connectivity index (χ2n) is 13.2. The number of carbonyl (C=O) groups is 4. The fourth-order valence-electron chi connectivity index (χ4n) is 7.41. The molecule has 5 aromatic rings. The standard InChI is InChI=1S/C36H40N10O6S/c1-19-5-13-27(45(19)29(47)17-39-35(49)51-3)33-37-15-25(41-33)22-9-7-21(8-10-22)23-11-12-24(32-31(23)43-53-44-32)26-16-38-34(42-26)28-14-6-20(2)46(28)30(48)18-40-36(50)52-4/h7-12,15-16,19-20,27-28H,5-6,13-14,17-18H2,1-4H3,(H,37,41)(H,38,42)(H,39,49)(H,40,50)/t19?,20?,27-,28-/m0/s1. The van der Waals surface area contributed by atoms with E-state index in [1.165, 1.54) is 14.2 Å². The number of aromatic nitrogens is 6. The summed E-state index contributed by atoms with van der Waals surface area (Å²) in [5.74, 6) is 0.977. The lowest BCUT2D eigenvalue weighted by atomic mass is 9.99. The smallest absolute Gasteiger partial charge is 0.407 e. The molecule has 3 aromatic heterocycles. The second kappa shape index (κ2) is 15.0. The monoisotopic (exact) mass is 740 g/mol. The van der Waals surface area contributed by atoms with Gasteiger partial charge in [-0.05, 0) is 56.7 Å². The number of nitrogens with one attached hydrogen (secondary N) is 4. The Labute approximate surface area is 309 Å². The first-order valence-corrected chi connectivity index (χ1v) is 18.1. The van der Waals surface area contributed by atoms with E-state index in [1.54, 1.807) is 22.2 Å². The number of carbonyl (C=O) groups excluding carboxylic acids is 4. The topological polar surface area (TPSA) is 200 Å². The summed E-state index contributed by atoms with van der Waals surface area (Å²) < 4.78 is 18.5. The molecule has 2 saturated heterocycles. The number of benzene rings is 2. The molecule has 0 saturated carbocycles. The van der Waals surface area contributed by atoms with Crippen LogP contribution in [-0.4, -0.2) is 102 Å². The first-order chi connectivity index (χ1) is 25.7. The third-order valence-electron chi connectivity index (χ3n) is 10.1. The summed E-state index contributed by atoms with van der Waals surface area (Å²) in [6.45, 7) is 3.69. The maximum atomic E-state index is 13.1. The normalized spacial score (nSPS) is 19.8. The molecular weight excluding hydrogens is 701 g/mol. The predicted molar refractivity (Wildman–Crippen MR) is 195 cm³/mol. The van der Waals surface area contributed by atoms with Crippen molar-refractivity contribution in [3.8, 4) is 33.6 Å². The van der Waals surface area contributed by atoms with Crippen molar-refractivity contribution in [2.45, 2.75) is 63.7 Å². The molecule has 4 N–H and O–H groups in total. The molecule has 0 aliphatic carbocycles. The number of imidazole rings is 2. The van der Waals surface area contributed by atoms with Crippen molar-refractivity contribution >= 4 is 46.8 Å². The summed E-state index contributed by atoms with van der Waals surface area (Å²) in [5.41, 5.74) is 6.80. The van der Waals surface area contributed by atoms with Gasteiger partial charge in [-0.2, -0.15) is 8.75 Å². The van der Waals surface area contributed by atoms with E-state index in [2.05, 4.69) is 48.8 Å². The summed E-state index contributed by atoms with van der Waals surface area (Å²) in [6.07, 6.45) is 5.39. The van der Waals surface area contributed by atoms with Crippen molar-refractivity contribution in [1.29, 1.82) is 0 Å². The molecule has 0 bridgehead atoms. The lowest BCUT2D eigenvalue weighted by molar-refractivity contribution is -0.133. The Morgan fingerprint density at radius 3 is 1.72 bits per heavy atom. The minimum Gasteiger partial charge on any atom is -0.453 e. The van der Waals surface area contributed by atoms with Crippen LogP contribution in [0.15, 0.2) is 48.8 Å². The Morgan fingerprint density at radius 1 is 0.698 bits per heavy atom. The van der Waals surface area contributed by atoms with Gasteiger partial charge in [0.05, 0.1) is 61.8 Å². The molecule has 5 heterocycles. The van der Waals surface area contributed by atoms with Crippen LogP contribution in [-0.2, 0) is 19.1 Å². The average molecular weight is 741 g/mol. The number of fused-ring (bicyclic) bond motifs is 1. The number of H-pyrrole nitrogens is 2. The second-order valence-corrected chi connectivity index (χ2v) is 13.8. The summed E-state index contributed by atoms with van der Waals surface area (Å²) in [5, 5.41) is 4.96. The molecule has 4 atom stereocenters. The van der Waals surface area contributed by atoms with Crippen LogP contribution in [0.1, 0.15) is 63.3 Å². The summed E-state index contributed by atoms with van der Waals surface area (Å²) in [4.78, 5) is 68.9. The van der Waals surface area contributed by atoms with E-state index < -0.39 is 12.2 Å². The fraction of sp³-hybridized carbons (Fsp3) is 0.389. The summed E-state index contributed by atoms with van der Waals surface area (Å²) in [7, 11) is 2.52. The highest BCUT2D eigenvalue weighted by Crippen LogP contribution is 2.39. The lowest BCUT2D eigenvalue weighted by Gasteiger charge is -2.27. The Bertz CT molecular complexity index is 2140. The van der Waals surface area contributed by atoms with Crippen molar-refractivity contribution in [2.75, 3.05) is 27.3 Å². The predicted octanol–water partition coefficient (Wildman–Crippen LogP) is 4.95. The molecule has 0 spiro atoms. The van der Waals surface area contributed by atoms with Crippen LogP contribution in [0.3, 0.4) is 0 Å². The zero-order valence-corrected chi connectivity index (χ0v) is 30.5.